The first-order chi connectivity index (χ1) is 8.56. The second-order valence-electron chi connectivity index (χ2n) is 3.71. The Kier molecular flexibility index (Phi) is 3.57. The van der Waals surface area contributed by atoms with E-state index in [1.807, 2.05) is 19.9 Å². The van der Waals surface area contributed by atoms with E-state index in [4.69, 9.17) is 5.11 Å². The molecule has 0 atom stereocenters. The minimum atomic E-state index is -0.982. The molecule has 2 heterocycles. The highest BCUT2D eigenvalue weighted by atomic mass is 32.2. The van der Waals surface area contributed by atoms with Gasteiger partial charge in [0.1, 0.15) is 0 Å². The number of hydrogen-bond acceptors (Lipinski definition) is 5. The standard InChI is InChI=1S/C12H11N3O2S/c1-7-5-8(2)15-12(14-7)18-10-6-13-4-3-9(10)11(16)17/h3-6H,1-2H3,(H,16,17). The third kappa shape index (κ3) is 2.84. The van der Waals surface area contributed by atoms with Crippen LogP contribution in [-0.4, -0.2) is 26.0 Å². The summed E-state index contributed by atoms with van der Waals surface area (Å²) in [6.45, 7) is 3.75. The van der Waals surface area contributed by atoms with Crippen molar-refractivity contribution < 1.29 is 9.90 Å². The van der Waals surface area contributed by atoms with Crippen molar-refractivity contribution in [3.63, 3.8) is 0 Å². The highest BCUT2D eigenvalue weighted by Crippen LogP contribution is 2.27. The first-order valence-corrected chi connectivity index (χ1v) is 6.05. The third-order valence-corrected chi connectivity index (χ3v) is 3.09. The second kappa shape index (κ2) is 5.14. The van der Waals surface area contributed by atoms with Crippen LogP contribution in [-0.2, 0) is 0 Å². The monoisotopic (exact) mass is 261 g/mol. The van der Waals surface area contributed by atoms with Gasteiger partial charge in [0.05, 0.1) is 5.56 Å². The van der Waals surface area contributed by atoms with Crippen molar-refractivity contribution in [2.75, 3.05) is 0 Å². The van der Waals surface area contributed by atoms with E-state index in [-0.39, 0.29) is 5.56 Å². The van der Waals surface area contributed by atoms with Crippen LogP contribution in [0.2, 0.25) is 0 Å². The van der Waals surface area contributed by atoms with Gasteiger partial charge in [-0.2, -0.15) is 0 Å². The number of carbonyl (C=O) groups is 1. The van der Waals surface area contributed by atoms with Crippen LogP contribution in [0.1, 0.15) is 21.7 Å². The normalized spacial score (nSPS) is 10.3. The molecular weight excluding hydrogens is 250 g/mol. The second-order valence-corrected chi connectivity index (χ2v) is 4.72. The molecule has 0 unspecified atom stereocenters. The van der Waals surface area contributed by atoms with Gasteiger partial charge >= 0.3 is 5.97 Å². The Hall–Kier alpha value is -1.95. The summed E-state index contributed by atoms with van der Waals surface area (Å²) in [6, 6.07) is 3.33. The highest BCUT2D eigenvalue weighted by molar-refractivity contribution is 7.99. The quantitative estimate of drug-likeness (QED) is 0.855. The number of pyridine rings is 1. The van der Waals surface area contributed by atoms with E-state index in [1.165, 1.54) is 30.2 Å². The maximum Gasteiger partial charge on any atom is 0.336 e. The predicted molar refractivity (Wildman–Crippen MR) is 66.8 cm³/mol. The Bertz CT molecular complexity index is 581. The van der Waals surface area contributed by atoms with E-state index < -0.39 is 5.97 Å². The number of aromatic carboxylic acids is 1. The Morgan fingerprint density at radius 1 is 1.28 bits per heavy atom. The molecule has 2 aromatic heterocycles. The number of aromatic nitrogens is 3. The van der Waals surface area contributed by atoms with Crippen molar-refractivity contribution in [2.45, 2.75) is 23.9 Å². The summed E-state index contributed by atoms with van der Waals surface area (Å²) in [6.07, 6.45) is 2.96. The van der Waals surface area contributed by atoms with Gasteiger partial charge in [0, 0.05) is 28.7 Å². The number of carboxylic acids is 1. The van der Waals surface area contributed by atoms with Crippen LogP contribution in [0.4, 0.5) is 0 Å². The molecule has 92 valence electrons. The van der Waals surface area contributed by atoms with Crippen LogP contribution in [0, 0.1) is 13.8 Å². The maximum absolute atomic E-state index is 11.1. The minimum Gasteiger partial charge on any atom is -0.478 e. The van der Waals surface area contributed by atoms with Crippen molar-refractivity contribution in [1.82, 2.24) is 15.0 Å². The molecule has 0 saturated heterocycles. The zero-order valence-electron chi connectivity index (χ0n) is 9.91. The van der Waals surface area contributed by atoms with Crippen LogP contribution >= 0.6 is 11.8 Å². The zero-order chi connectivity index (χ0) is 13.1. The summed E-state index contributed by atoms with van der Waals surface area (Å²) in [5.74, 6) is -0.982. The fourth-order valence-electron chi connectivity index (χ4n) is 1.48. The molecular formula is C12H11N3O2S. The van der Waals surface area contributed by atoms with Crippen molar-refractivity contribution >= 4 is 17.7 Å². The van der Waals surface area contributed by atoms with Gasteiger partial charge < -0.3 is 5.11 Å². The largest absolute Gasteiger partial charge is 0.478 e. The minimum absolute atomic E-state index is 0.206. The molecule has 6 heteroatoms. The van der Waals surface area contributed by atoms with E-state index >= 15 is 0 Å². The van der Waals surface area contributed by atoms with Gasteiger partial charge in [-0.25, -0.2) is 14.8 Å². The predicted octanol–water partition coefficient (Wildman–Crippen LogP) is 2.34. The van der Waals surface area contributed by atoms with Crippen molar-refractivity contribution in [1.29, 1.82) is 0 Å². The van der Waals surface area contributed by atoms with Gasteiger partial charge in [-0.3, -0.25) is 4.98 Å². The third-order valence-electron chi connectivity index (χ3n) is 2.18. The number of nitrogens with zero attached hydrogens (tertiary/aromatic N) is 3. The molecule has 0 radical (unpaired) electrons. The summed E-state index contributed by atoms with van der Waals surface area (Å²) in [5, 5.41) is 9.60. The average molecular weight is 261 g/mol. The summed E-state index contributed by atoms with van der Waals surface area (Å²) in [4.78, 5) is 24.1. The lowest BCUT2D eigenvalue weighted by Crippen LogP contribution is -2.00. The lowest BCUT2D eigenvalue weighted by Gasteiger charge is -2.05. The molecule has 0 aliphatic rings. The van der Waals surface area contributed by atoms with Gasteiger partial charge in [0.25, 0.3) is 0 Å². The van der Waals surface area contributed by atoms with Crippen molar-refractivity contribution in [2.24, 2.45) is 0 Å². The number of hydrogen-bond donors (Lipinski definition) is 1. The number of carboxylic acid groups (broad SMARTS) is 1. The Labute approximate surface area is 108 Å². The van der Waals surface area contributed by atoms with Crippen LogP contribution in [0.5, 0.6) is 0 Å². The molecule has 0 aromatic carbocycles. The fourth-order valence-corrected chi connectivity index (χ4v) is 2.43. The molecule has 0 spiro atoms. The summed E-state index contributed by atoms with van der Waals surface area (Å²) >= 11 is 1.21. The molecule has 18 heavy (non-hydrogen) atoms. The maximum atomic E-state index is 11.1. The molecule has 0 amide bonds. The molecule has 1 N–H and O–H groups in total. The Balaban J connectivity index is 2.37. The van der Waals surface area contributed by atoms with E-state index in [2.05, 4.69) is 15.0 Å². The molecule has 0 aliphatic carbocycles. The van der Waals surface area contributed by atoms with Crippen LogP contribution in [0.15, 0.2) is 34.6 Å². The van der Waals surface area contributed by atoms with E-state index in [1.54, 1.807) is 0 Å². The van der Waals surface area contributed by atoms with Crippen molar-refractivity contribution in [3.05, 3.63) is 41.5 Å². The number of aryl methyl sites for hydroxylation is 2. The van der Waals surface area contributed by atoms with Gasteiger partial charge in [-0.15, -0.1) is 0 Å². The summed E-state index contributed by atoms with van der Waals surface area (Å²) in [5.41, 5.74) is 1.91. The zero-order valence-corrected chi connectivity index (χ0v) is 10.7. The average Bonchev–Trinajstić information content (AvgIpc) is 2.27. The lowest BCUT2D eigenvalue weighted by atomic mass is 10.3. The van der Waals surface area contributed by atoms with E-state index in [0.717, 1.165) is 11.4 Å². The van der Waals surface area contributed by atoms with Crippen LogP contribution in [0.3, 0.4) is 0 Å². The highest BCUT2D eigenvalue weighted by Gasteiger charge is 2.12. The lowest BCUT2D eigenvalue weighted by molar-refractivity contribution is 0.0693. The molecule has 2 rings (SSSR count). The molecule has 5 nitrogen and oxygen atoms in total. The topological polar surface area (TPSA) is 76.0 Å². The molecule has 0 aliphatic heterocycles. The van der Waals surface area contributed by atoms with Crippen LogP contribution in [0.25, 0.3) is 0 Å². The first kappa shape index (κ1) is 12.5. The Morgan fingerprint density at radius 2 is 1.94 bits per heavy atom. The number of rotatable bonds is 3. The van der Waals surface area contributed by atoms with Crippen LogP contribution < -0.4 is 0 Å². The van der Waals surface area contributed by atoms with E-state index in [0.29, 0.717) is 10.1 Å². The Morgan fingerprint density at radius 3 is 2.56 bits per heavy atom. The van der Waals surface area contributed by atoms with Gasteiger partial charge in [0.2, 0.25) is 0 Å². The summed E-state index contributed by atoms with van der Waals surface area (Å²) in [7, 11) is 0. The van der Waals surface area contributed by atoms with Gasteiger partial charge in [-0.05, 0) is 37.7 Å². The van der Waals surface area contributed by atoms with Crippen molar-refractivity contribution in [3.8, 4) is 0 Å². The SMILES string of the molecule is Cc1cc(C)nc(Sc2cnccc2C(=O)O)n1. The molecule has 2 aromatic rings. The molecule has 0 saturated carbocycles. The van der Waals surface area contributed by atoms with Gasteiger partial charge in [-0.1, -0.05) is 0 Å². The summed E-state index contributed by atoms with van der Waals surface area (Å²) < 4.78 is 0. The fraction of sp³-hybridized carbons (Fsp3) is 0.167. The molecule has 0 fully saturated rings. The molecule has 0 bridgehead atoms. The van der Waals surface area contributed by atoms with E-state index in [9.17, 15) is 4.79 Å². The first-order valence-electron chi connectivity index (χ1n) is 5.23. The van der Waals surface area contributed by atoms with Gasteiger partial charge in [0.15, 0.2) is 5.16 Å². The smallest absolute Gasteiger partial charge is 0.336 e.